The summed E-state index contributed by atoms with van der Waals surface area (Å²) < 4.78 is 29.7. The number of halogens is 1. The van der Waals surface area contributed by atoms with Crippen molar-refractivity contribution in [2.75, 3.05) is 12.9 Å². The van der Waals surface area contributed by atoms with Crippen LogP contribution in [0.25, 0.3) is 0 Å². The molecule has 0 fully saturated rings. The summed E-state index contributed by atoms with van der Waals surface area (Å²) in [6, 6.07) is 3.25. The highest BCUT2D eigenvalue weighted by molar-refractivity contribution is 9.10. The molecule has 4 nitrogen and oxygen atoms in total. The Morgan fingerprint density at radius 3 is 2.72 bits per heavy atom. The van der Waals surface area contributed by atoms with Gasteiger partial charge >= 0.3 is 0 Å². The summed E-state index contributed by atoms with van der Waals surface area (Å²) in [7, 11) is -3.18. The topological polar surface area (TPSA) is 69.4 Å². The average molecular weight is 334 g/mol. The fourth-order valence-corrected chi connectivity index (χ4v) is 3.27. The molecule has 100 valence electrons. The Morgan fingerprint density at radius 1 is 1.44 bits per heavy atom. The molecule has 0 aromatic heterocycles. The minimum Gasteiger partial charge on any atom is -0.493 e. The number of rotatable bonds is 3. The van der Waals surface area contributed by atoms with Crippen molar-refractivity contribution < 1.29 is 13.2 Å². The first kappa shape index (κ1) is 13.8. The molecule has 2 rings (SSSR count). The van der Waals surface area contributed by atoms with E-state index in [1.54, 1.807) is 6.92 Å². The summed E-state index contributed by atoms with van der Waals surface area (Å²) in [5, 5.41) is -0.639. The highest BCUT2D eigenvalue weighted by Gasteiger charge is 2.29. The van der Waals surface area contributed by atoms with Gasteiger partial charge in [0.1, 0.15) is 5.75 Å². The minimum atomic E-state index is -3.18. The summed E-state index contributed by atoms with van der Waals surface area (Å²) >= 11 is 3.42. The predicted molar refractivity (Wildman–Crippen MR) is 74.6 cm³/mol. The molecule has 18 heavy (non-hydrogen) atoms. The molecular formula is C12H16BrNO3S. The maximum Gasteiger partial charge on any atom is 0.151 e. The summed E-state index contributed by atoms with van der Waals surface area (Å²) in [6.45, 7) is 2.25. The van der Waals surface area contributed by atoms with Gasteiger partial charge in [-0.15, -0.1) is 0 Å². The predicted octanol–water partition coefficient (Wildman–Crippen LogP) is 1.82. The Labute approximate surface area is 116 Å². The van der Waals surface area contributed by atoms with Crippen molar-refractivity contribution in [3.8, 4) is 5.75 Å². The lowest BCUT2D eigenvalue weighted by Gasteiger charge is -2.21. The number of ether oxygens (including phenoxy) is 1. The Balaban J connectivity index is 2.46. The third-order valence-corrected chi connectivity index (χ3v) is 5.42. The Hall–Kier alpha value is -0.590. The number of sulfone groups is 1. The first-order chi connectivity index (χ1) is 8.30. The molecule has 2 unspecified atom stereocenters. The van der Waals surface area contributed by atoms with Crippen LogP contribution < -0.4 is 10.5 Å². The van der Waals surface area contributed by atoms with Gasteiger partial charge in [0.25, 0.3) is 0 Å². The Kier molecular flexibility index (Phi) is 3.71. The molecule has 0 radical (unpaired) electrons. The molecule has 0 saturated carbocycles. The fraction of sp³-hybridized carbons (Fsp3) is 0.500. The first-order valence-electron chi connectivity index (χ1n) is 5.70. The van der Waals surface area contributed by atoms with Gasteiger partial charge in [-0.3, -0.25) is 0 Å². The molecule has 2 N–H and O–H groups in total. The lowest BCUT2D eigenvalue weighted by Crippen LogP contribution is -2.30. The Bertz CT molecular complexity index is 571. The average Bonchev–Trinajstić information content (AvgIpc) is 2.72. The van der Waals surface area contributed by atoms with E-state index in [0.29, 0.717) is 6.61 Å². The van der Waals surface area contributed by atoms with Gasteiger partial charge in [0.15, 0.2) is 9.84 Å². The molecule has 0 bridgehead atoms. The minimum absolute atomic E-state index is 0.579. The molecule has 1 aromatic carbocycles. The van der Waals surface area contributed by atoms with E-state index in [1.807, 2.05) is 12.1 Å². The number of hydrogen-bond donors (Lipinski definition) is 1. The van der Waals surface area contributed by atoms with Crippen molar-refractivity contribution in [3.63, 3.8) is 0 Å². The van der Waals surface area contributed by atoms with Crippen LogP contribution >= 0.6 is 15.9 Å². The smallest absolute Gasteiger partial charge is 0.151 e. The van der Waals surface area contributed by atoms with Crippen molar-refractivity contribution in [2.24, 2.45) is 5.73 Å². The summed E-state index contributed by atoms with van der Waals surface area (Å²) in [5.74, 6) is 0.751. The van der Waals surface area contributed by atoms with Gasteiger partial charge in [0.2, 0.25) is 0 Å². The van der Waals surface area contributed by atoms with Crippen LogP contribution in [0.1, 0.15) is 24.1 Å². The van der Waals surface area contributed by atoms with Crippen LogP contribution in [0.15, 0.2) is 16.6 Å². The van der Waals surface area contributed by atoms with E-state index >= 15 is 0 Å². The molecule has 2 atom stereocenters. The van der Waals surface area contributed by atoms with Gasteiger partial charge in [-0.2, -0.15) is 0 Å². The van der Waals surface area contributed by atoms with Crippen LogP contribution in [0.3, 0.4) is 0 Å². The van der Waals surface area contributed by atoms with Gasteiger partial charge < -0.3 is 10.5 Å². The maximum absolute atomic E-state index is 11.6. The van der Waals surface area contributed by atoms with Gasteiger partial charge in [-0.05, 0) is 24.6 Å². The fourth-order valence-electron chi connectivity index (χ4n) is 2.06. The van der Waals surface area contributed by atoms with Crippen LogP contribution in [0.4, 0.5) is 0 Å². The van der Waals surface area contributed by atoms with Crippen LogP contribution in [0, 0.1) is 0 Å². The number of nitrogens with two attached hydrogens (primary N) is 1. The van der Waals surface area contributed by atoms with Gasteiger partial charge in [-0.25, -0.2) is 8.42 Å². The SMILES string of the molecule is CC(C(N)c1cc(Br)cc2c1OCC2)S(C)(=O)=O. The van der Waals surface area contributed by atoms with Crippen LogP contribution in [-0.2, 0) is 16.3 Å². The van der Waals surface area contributed by atoms with Crippen LogP contribution in [-0.4, -0.2) is 26.5 Å². The third kappa shape index (κ3) is 2.55. The largest absolute Gasteiger partial charge is 0.493 e. The monoisotopic (exact) mass is 333 g/mol. The second-order valence-electron chi connectivity index (χ2n) is 4.64. The van der Waals surface area contributed by atoms with Crippen molar-refractivity contribution in [3.05, 3.63) is 27.7 Å². The quantitative estimate of drug-likeness (QED) is 0.915. The molecule has 1 heterocycles. The first-order valence-corrected chi connectivity index (χ1v) is 8.45. The maximum atomic E-state index is 11.6. The normalized spacial score (nSPS) is 18.0. The van der Waals surface area contributed by atoms with Crippen molar-refractivity contribution in [2.45, 2.75) is 24.6 Å². The van der Waals surface area contributed by atoms with Crippen molar-refractivity contribution in [1.82, 2.24) is 0 Å². The summed E-state index contributed by atoms with van der Waals surface area (Å²) in [5.41, 5.74) is 7.92. The van der Waals surface area contributed by atoms with Gasteiger partial charge in [0.05, 0.1) is 11.9 Å². The zero-order chi connectivity index (χ0) is 13.5. The number of benzene rings is 1. The lowest BCUT2D eigenvalue weighted by molar-refractivity contribution is 0.351. The van der Waals surface area contributed by atoms with E-state index in [1.165, 1.54) is 6.26 Å². The molecule has 0 spiro atoms. The molecular weight excluding hydrogens is 318 g/mol. The zero-order valence-electron chi connectivity index (χ0n) is 10.3. The summed E-state index contributed by atoms with van der Waals surface area (Å²) in [4.78, 5) is 0. The molecule has 6 heteroatoms. The Morgan fingerprint density at radius 2 is 2.11 bits per heavy atom. The van der Waals surface area contributed by atoms with E-state index in [0.717, 1.165) is 27.8 Å². The van der Waals surface area contributed by atoms with E-state index < -0.39 is 21.1 Å². The van der Waals surface area contributed by atoms with Gasteiger partial charge in [-0.1, -0.05) is 15.9 Å². The lowest BCUT2D eigenvalue weighted by atomic mass is 10.0. The summed E-state index contributed by atoms with van der Waals surface area (Å²) in [6.07, 6.45) is 2.04. The van der Waals surface area contributed by atoms with Crippen LogP contribution in [0.5, 0.6) is 5.75 Å². The second-order valence-corrected chi connectivity index (χ2v) is 7.96. The van der Waals surface area contributed by atoms with E-state index in [-0.39, 0.29) is 0 Å². The number of fused-ring (bicyclic) bond motifs is 1. The molecule has 1 aromatic rings. The molecule has 0 amide bonds. The molecule has 1 aliphatic heterocycles. The standard InChI is InChI=1S/C12H16BrNO3S/c1-7(18(2,15)16)11(14)10-6-9(13)5-8-3-4-17-12(8)10/h5-7,11H,3-4,14H2,1-2H3. The van der Waals surface area contributed by atoms with Crippen LogP contribution in [0.2, 0.25) is 0 Å². The molecule has 0 saturated heterocycles. The van der Waals surface area contributed by atoms with E-state index in [4.69, 9.17) is 10.5 Å². The molecule has 1 aliphatic rings. The van der Waals surface area contributed by atoms with Gasteiger partial charge in [0, 0.05) is 28.8 Å². The second kappa shape index (κ2) is 4.83. The molecule has 0 aliphatic carbocycles. The van der Waals surface area contributed by atoms with E-state index in [2.05, 4.69) is 15.9 Å². The zero-order valence-corrected chi connectivity index (χ0v) is 12.7. The third-order valence-electron chi connectivity index (χ3n) is 3.32. The van der Waals surface area contributed by atoms with Crippen molar-refractivity contribution >= 4 is 25.8 Å². The highest BCUT2D eigenvalue weighted by Crippen LogP contribution is 2.37. The van der Waals surface area contributed by atoms with E-state index in [9.17, 15) is 8.42 Å². The highest BCUT2D eigenvalue weighted by atomic mass is 79.9. The number of hydrogen-bond acceptors (Lipinski definition) is 4. The van der Waals surface area contributed by atoms with Crippen molar-refractivity contribution in [1.29, 1.82) is 0 Å².